The van der Waals surface area contributed by atoms with Crippen LogP contribution in [0.3, 0.4) is 0 Å². The van der Waals surface area contributed by atoms with Crippen molar-refractivity contribution in [2.45, 2.75) is 170 Å². The summed E-state index contributed by atoms with van der Waals surface area (Å²) in [6.07, 6.45) is 7.93. The Bertz CT molecular complexity index is 3180. The lowest BCUT2D eigenvalue weighted by atomic mass is 9.98. The second kappa shape index (κ2) is 35.9. The third-order valence-electron chi connectivity index (χ3n) is 15.3. The molecule has 3 aromatic heterocycles. The number of H-pyrrole nitrogens is 3. The van der Waals surface area contributed by atoms with Gasteiger partial charge in [-0.25, -0.2) is 0 Å². The van der Waals surface area contributed by atoms with Crippen molar-refractivity contribution in [1.82, 2.24) is 45.3 Å². The molecular formula is C68H94F9N9O5. The normalized spacial score (nSPS) is 13.1. The maximum Gasteiger partial charge on any atom is 0.419 e. The van der Waals surface area contributed by atoms with Gasteiger partial charge >= 0.3 is 18.5 Å². The molecular weight excluding hydrogens is 1190 g/mol. The molecule has 1 saturated carbocycles. The molecule has 3 N–H and O–H groups in total. The highest BCUT2D eigenvalue weighted by atomic mass is 19.4. The molecule has 1 aliphatic carbocycles. The lowest BCUT2D eigenvalue weighted by Gasteiger charge is -2.22. The van der Waals surface area contributed by atoms with Crippen LogP contribution < -0.4 is 18.9 Å². The molecule has 0 radical (unpaired) electrons. The van der Waals surface area contributed by atoms with E-state index in [0.717, 1.165) is 119 Å². The first kappa shape index (κ1) is 75.0. The number of alkyl halides is 9. The van der Waals surface area contributed by atoms with Gasteiger partial charge in [0.05, 0.1) is 78.3 Å². The largest absolute Gasteiger partial charge is 0.493 e. The Hall–Kier alpha value is -6.74. The number of benzene rings is 3. The third kappa shape index (κ3) is 23.1. The van der Waals surface area contributed by atoms with Crippen LogP contribution in [0.5, 0.6) is 23.0 Å². The van der Waals surface area contributed by atoms with Crippen LogP contribution in [0.4, 0.5) is 39.5 Å². The van der Waals surface area contributed by atoms with Gasteiger partial charge in [0.2, 0.25) is 0 Å². The molecule has 0 spiro atoms. The molecule has 0 amide bonds. The number of nitrogens with zero attached hydrogens (tertiary/aromatic N) is 6. The molecule has 1 aliphatic rings. The Morgan fingerprint density at radius 2 is 1.09 bits per heavy atom. The molecule has 23 heteroatoms. The highest BCUT2D eigenvalue weighted by Gasteiger charge is 2.38. The minimum Gasteiger partial charge on any atom is -0.493 e. The number of ether oxygens (including phenoxy) is 5. The van der Waals surface area contributed by atoms with Gasteiger partial charge in [0, 0.05) is 77.3 Å². The number of halogens is 9. The molecule has 6 aromatic rings. The Morgan fingerprint density at radius 3 is 1.59 bits per heavy atom. The van der Waals surface area contributed by atoms with Gasteiger partial charge < -0.3 is 38.4 Å². The predicted molar refractivity (Wildman–Crippen MR) is 339 cm³/mol. The van der Waals surface area contributed by atoms with Crippen molar-refractivity contribution in [1.29, 1.82) is 0 Å². The van der Waals surface area contributed by atoms with E-state index in [1.807, 2.05) is 48.8 Å². The minimum absolute atomic E-state index is 0.000939. The SMILES string of the molecule is C#Cc1cc(OCCC(C)C)c(C(F)(F)F)cc1-c1[nH]ncc1CN(C)CCCC.CCCCN(C)Cc1[nH]ncc1-c1cc(C(F)(F)F)c(OCC(C)C)cc1OC1CCCC1.CCCCN(C)Cc1cn[nH]c1-c1cc(C(F)(F)F)cc(OCCOC)c1C. The Labute approximate surface area is 531 Å². The molecule has 504 valence electrons. The summed E-state index contributed by atoms with van der Waals surface area (Å²) in [5.41, 5.74) is 3.89. The highest BCUT2D eigenvalue weighted by molar-refractivity contribution is 5.76. The van der Waals surface area contributed by atoms with Crippen LogP contribution in [-0.2, 0) is 42.9 Å². The molecule has 0 saturated heterocycles. The Morgan fingerprint density at radius 1 is 0.571 bits per heavy atom. The topological polar surface area (TPSA) is 142 Å². The quantitative estimate of drug-likeness (QED) is 0.0218. The van der Waals surface area contributed by atoms with Crippen LogP contribution in [0.25, 0.3) is 33.6 Å². The van der Waals surface area contributed by atoms with Crippen LogP contribution >= 0.6 is 0 Å². The van der Waals surface area contributed by atoms with Crippen molar-refractivity contribution >= 4 is 0 Å². The maximum atomic E-state index is 14.0. The number of methoxy groups -OCH3 is 1. The zero-order chi connectivity index (χ0) is 67.1. The lowest BCUT2D eigenvalue weighted by molar-refractivity contribution is -0.139. The molecule has 14 nitrogen and oxygen atoms in total. The van der Waals surface area contributed by atoms with Gasteiger partial charge in [-0.05, 0) is 141 Å². The van der Waals surface area contributed by atoms with Crippen LogP contribution in [-0.4, -0.2) is 126 Å². The number of aromatic nitrogens is 6. The fourth-order valence-electron chi connectivity index (χ4n) is 10.2. The van der Waals surface area contributed by atoms with Crippen molar-refractivity contribution in [2.24, 2.45) is 11.8 Å². The molecule has 3 heterocycles. The monoisotopic (exact) mass is 1290 g/mol. The summed E-state index contributed by atoms with van der Waals surface area (Å²) in [5.74, 6) is 3.13. The number of terminal acetylenes is 1. The van der Waals surface area contributed by atoms with E-state index >= 15 is 0 Å². The average Bonchev–Trinajstić information content (AvgIpc) is 1.90. The zero-order valence-electron chi connectivity index (χ0n) is 55.0. The van der Waals surface area contributed by atoms with Gasteiger partial charge in [0.25, 0.3) is 0 Å². The zero-order valence-corrected chi connectivity index (χ0v) is 55.0. The summed E-state index contributed by atoms with van der Waals surface area (Å²) in [4.78, 5) is 6.39. The summed E-state index contributed by atoms with van der Waals surface area (Å²) in [6, 6.07) is 7.17. The summed E-state index contributed by atoms with van der Waals surface area (Å²) in [5, 5.41) is 21.0. The van der Waals surface area contributed by atoms with Crippen LogP contribution in [0.15, 0.2) is 55.0 Å². The van der Waals surface area contributed by atoms with Crippen LogP contribution in [0.1, 0.15) is 164 Å². The molecule has 0 atom stereocenters. The molecule has 0 unspecified atom stereocenters. The molecule has 0 aliphatic heterocycles. The number of unbranched alkanes of at least 4 members (excludes halogenated alkanes) is 3. The first-order valence-electron chi connectivity index (χ1n) is 31.5. The maximum absolute atomic E-state index is 14.0. The average molecular weight is 1290 g/mol. The van der Waals surface area contributed by atoms with E-state index in [-0.39, 0.29) is 49.1 Å². The number of hydrogen-bond acceptors (Lipinski definition) is 11. The van der Waals surface area contributed by atoms with Gasteiger partial charge in [0.1, 0.15) is 29.6 Å². The van der Waals surface area contributed by atoms with Crippen molar-refractivity contribution < 1.29 is 63.2 Å². The lowest BCUT2D eigenvalue weighted by Crippen LogP contribution is -2.20. The van der Waals surface area contributed by atoms with Crippen molar-refractivity contribution in [3.8, 4) is 69.0 Å². The van der Waals surface area contributed by atoms with Crippen molar-refractivity contribution in [2.75, 3.05) is 74.3 Å². The van der Waals surface area contributed by atoms with E-state index in [4.69, 9.17) is 30.1 Å². The van der Waals surface area contributed by atoms with E-state index in [1.165, 1.54) is 25.3 Å². The number of hydrogen-bond donors (Lipinski definition) is 3. The predicted octanol–water partition coefficient (Wildman–Crippen LogP) is 17.1. The van der Waals surface area contributed by atoms with E-state index in [0.29, 0.717) is 89.1 Å². The van der Waals surface area contributed by atoms with Gasteiger partial charge in [0.15, 0.2) is 0 Å². The van der Waals surface area contributed by atoms with E-state index in [1.54, 1.807) is 25.5 Å². The molecule has 91 heavy (non-hydrogen) atoms. The van der Waals surface area contributed by atoms with Gasteiger partial charge in [-0.2, -0.15) is 54.8 Å². The van der Waals surface area contributed by atoms with E-state index < -0.39 is 35.2 Å². The molecule has 3 aromatic carbocycles. The third-order valence-corrected chi connectivity index (χ3v) is 15.3. The number of nitrogens with one attached hydrogen (secondary N) is 3. The van der Waals surface area contributed by atoms with Crippen LogP contribution in [0, 0.1) is 31.1 Å². The second-order valence-corrected chi connectivity index (χ2v) is 24.2. The molecule has 7 rings (SSSR count). The van der Waals surface area contributed by atoms with Gasteiger partial charge in [-0.3, -0.25) is 15.3 Å². The van der Waals surface area contributed by atoms with E-state index in [9.17, 15) is 39.5 Å². The van der Waals surface area contributed by atoms with E-state index in [2.05, 4.69) is 72.0 Å². The Kier molecular flexibility index (Phi) is 29.6. The Balaban J connectivity index is 0.000000249. The second-order valence-electron chi connectivity index (χ2n) is 24.2. The minimum atomic E-state index is -4.56. The molecule has 1 fully saturated rings. The van der Waals surface area contributed by atoms with Gasteiger partial charge in [-0.15, -0.1) is 6.42 Å². The summed E-state index contributed by atoms with van der Waals surface area (Å²) in [6.45, 7) is 21.2. The van der Waals surface area contributed by atoms with Crippen molar-refractivity contribution in [3.05, 3.63) is 99.6 Å². The fraction of sp³-hybridized carbons (Fsp3) is 0.574. The first-order chi connectivity index (χ1) is 43.1. The smallest absolute Gasteiger partial charge is 0.419 e. The number of rotatable bonds is 31. The summed E-state index contributed by atoms with van der Waals surface area (Å²) >= 11 is 0. The fourth-order valence-corrected chi connectivity index (χ4v) is 10.2. The van der Waals surface area contributed by atoms with Crippen LogP contribution in [0.2, 0.25) is 0 Å². The van der Waals surface area contributed by atoms with Gasteiger partial charge in [-0.1, -0.05) is 73.6 Å². The number of aromatic amines is 3. The summed E-state index contributed by atoms with van der Waals surface area (Å²) < 4.78 is 152. The highest BCUT2D eigenvalue weighted by Crippen LogP contribution is 2.46. The molecule has 0 bridgehead atoms. The van der Waals surface area contributed by atoms with Crippen molar-refractivity contribution in [3.63, 3.8) is 0 Å². The standard InChI is InChI=1S/C25H36F3N3O2.C23H30F3N3O.C20H28F3N3O2/c1-5-6-11-31(4)15-22-20(14-29-30-22)19-12-21(25(26,27)28)24(32-16-17(2)3)13-23(19)33-18-9-7-8-10-18;1-6-8-10-29(5)15-18-14-27-28-22(18)19-13-20(23(24,25)26)21(12-17(19)7-2)30-11-9-16(3)4;1-5-6-7-26(3)13-15-12-24-25-19(15)17-10-16(20(21,22)23)11-18(14(17)2)28-9-8-27-4/h12-14,17-18H,5-11,15-16H2,1-4H3,(H,29,30);2,12-14,16H,6,8-11,15H2,1,3-5H3,(H,27,28);10-12H,5-9,13H2,1-4H3,(H,24,25). The first-order valence-corrected chi connectivity index (χ1v) is 31.5. The summed E-state index contributed by atoms with van der Waals surface area (Å²) in [7, 11) is 7.48.